The third-order valence-corrected chi connectivity index (χ3v) is 3.75. The maximum atomic E-state index is 13.2. The van der Waals surface area contributed by atoms with Crippen LogP contribution in [0.15, 0.2) is 18.2 Å². The maximum Gasteiger partial charge on any atom is 0.248 e. The molecule has 1 amide bonds. The zero-order valence-electron chi connectivity index (χ0n) is 12.5. The number of methoxy groups -OCH3 is 1. The minimum absolute atomic E-state index is 0.0525. The summed E-state index contributed by atoms with van der Waals surface area (Å²) in [6.45, 7) is 2.75. The van der Waals surface area contributed by atoms with Crippen LogP contribution in [-0.4, -0.2) is 67.3 Å². The Balaban J connectivity index is 1.85. The minimum Gasteiger partial charge on any atom is -0.387 e. The minimum atomic E-state index is -0.966. The molecule has 0 bridgehead atoms. The number of carbonyl (C=O) groups excluding carboxylic acids is 1. The van der Waals surface area contributed by atoms with E-state index < -0.39 is 17.7 Å². The third-order valence-electron chi connectivity index (χ3n) is 3.75. The zero-order chi connectivity index (χ0) is 16.1. The van der Waals surface area contributed by atoms with Gasteiger partial charge in [-0.25, -0.2) is 8.78 Å². The summed E-state index contributed by atoms with van der Waals surface area (Å²) in [6, 6.07) is 3.40. The summed E-state index contributed by atoms with van der Waals surface area (Å²) in [5.41, 5.74) is 0.344. The number of benzene rings is 1. The van der Waals surface area contributed by atoms with E-state index in [1.807, 2.05) is 4.90 Å². The normalized spacial score (nSPS) is 17.5. The molecule has 1 aromatic rings. The molecule has 2 rings (SSSR count). The molecule has 1 aromatic carbocycles. The first-order valence-corrected chi connectivity index (χ1v) is 7.13. The second-order valence-electron chi connectivity index (χ2n) is 5.30. The van der Waals surface area contributed by atoms with Gasteiger partial charge in [-0.15, -0.1) is 0 Å². The van der Waals surface area contributed by atoms with Gasteiger partial charge >= 0.3 is 0 Å². The number of nitrogens with zero attached hydrogens (tertiary/aromatic N) is 2. The monoisotopic (exact) mass is 314 g/mol. The maximum absolute atomic E-state index is 13.2. The lowest BCUT2D eigenvalue weighted by molar-refractivity contribution is -0.137. The summed E-state index contributed by atoms with van der Waals surface area (Å²) in [5.74, 6) is -1.95. The van der Waals surface area contributed by atoms with Gasteiger partial charge in [0.05, 0.1) is 6.10 Å². The first-order valence-electron chi connectivity index (χ1n) is 7.13. The second-order valence-corrected chi connectivity index (χ2v) is 5.30. The molecule has 1 saturated heterocycles. The summed E-state index contributed by atoms with van der Waals surface area (Å²) in [5, 5.41) is 10.1. The quantitative estimate of drug-likeness (QED) is 0.873. The van der Waals surface area contributed by atoms with Crippen LogP contribution < -0.4 is 0 Å². The topological polar surface area (TPSA) is 53.0 Å². The van der Waals surface area contributed by atoms with Crippen molar-refractivity contribution in [3.05, 3.63) is 35.4 Å². The summed E-state index contributed by atoms with van der Waals surface area (Å²) in [7, 11) is 1.48. The molecular weight excluding hydrogens is 294 g/mol. The van der Waals surface area contributed by atoms with Gasteiger partial charge in [-0.05, 0) is 17.7 Å². The van der Waals surface area contributed by atoms with Crippen molar-refractivity contribution in [1.29, 1.82) is 0 Å². The number of aliphatic hydroxyl groups is 1. The lowest BCUT2D eigenvalue weighted by Crippen LogP contribution is -2.50. The Morgan fingerprint density at radius 2 is 1.95 bits per heavy atom. The Hall–Kier alpha value is -1.57. The van der Waals surface area contributed by atoms with E-state index in [0.29, 0.717) is 38.3 Å². The van der Waals surface area contributed by atoms with Gasteiger partial charge in [-0.3, -0.25) is 9.69 Å². The highest BCUT2D eigenvalue weighted by Crippen LogP contribution is 2.18. The van der Waals surface area contributed by atoms with E-state index in [9.17, 15) is 18.7 Å². The fraction of sp³-hybridized carbons (Fsp3) is 0.533. The van der Waals surface area contributed by atoms with Gasteiger partial charge in [0.15, 0.2) is 11.6 Å². The molecule has 0 radical (unpaired) electrons. The molecule has 1 atom stereocenters. The molecule has 1 unspecified atom stereocenters. The lowest BCUT2D eigenvalue weighted by atomic mass is 10.1. The highest BCUT2D eigenvalue weighted by molar-refractivity contribution is 5.77. The van der Waals surface area contributed by atoms with Gasteiger partial charge in [0.2, 0.25) is 5.91 Å². The lowest BCUT2D eigenvalue weighted by Gasteiger charge is -2.35. The average molecular weight is 314 g/mol. The van der Waals surface area contributed by atoms with Crippen LogP contribution in [0.1, 0.15) is 11.7 Å². The van der Waals surface area contributed by atoms with Crippen LogP contribution in [-0.2, 0) is 9.53 Å². The number of ether oxygens (including phenoxy) is 1. The SMILES string of the molecule is COCC(=O)N1CCN(CC(O)c2ccc(F)c(F)c2)CC1. The molecule has 22 heavy (non-hydrogen) atoms. The van der Waals surface area contributed by atoms with Gasteiger partial charge in [-0.2, -0.15) is 0 Å². The van der Waals surface area contributed by atoms with Gasteiger partial charge in [-0.1, -0.05) is 6.07 Å². The molecule has 122 valence electrons. The average Bonchev–Trinajstić information content (AvgIpc) is 2.51. The van der Waals surface area contributed by atoms with E-state index in [0.717, 1.165) is 12.1 Å². The smallest absolute Gasteiger partial charge is 0.248 e. The zero-order valence-corrected chi connectivity index (χ0v) is 12.5. The first-order chi connectivity index (χ1) is 10.5. The van der Waals surface area contributed by atoms with Crippen LogP contribution in [0, 0.1) is 11.6 Å². The fourth-order valence-corrected chi connectivity index (χ4v) is 2.46. The molecule has 1 N–H and O–H groups in total. The van der Waals surface area contributed by atoms with Crippen LogP contribution in [0.5, 0.6) is 0 Å². The summed E-state index contributed by atoms with van der Waals surface area (Å²) < 4.78 is 30.9. The van der Waals surface area contributed by atoms with Crippen molar-refractivity contribution in [3.63, 3.8) is 0 Å². The van der Waals surface area contributed by atoms with Crippen LogP contribution in [0.2, 0.25) is 0 Å². The van der Waals surface area contributed by atoms with Crippen molar-refractivity contribution < 1.29 is 23.4 Å². The van der Waals surface area contributed by atoms with Gasteiger partial charge in [0.1, 0.15) is 6.61 Å². The summed E-state index contributed by atoms with van der Waals surface area (Å²) in [4.78, 5) is 15.4. The Morgan fingerprint density at radius 3 is 2.55 bits per heavy atom. The molecule has 5 nitrogen and oxygen atoms in total. The number of amides is 1. The van der Waals surface area contributed by atoms with Crippen molar-refractivity contribution >= 4 is 5.91 Å². The number of carbonyl (C=O) groups is 1. The van der Waals surface area contributed by atoms with E-state index in [4.69, 9.17) is 4.74 Å². The molecule has 1 heterocycles. The van der Waals surface area contributed by atoms with E-state index in [1.54, 1.807) is 4.90 Å². The molecule has 0 aromatic heterocycles. The third kappa shape index (κ3) is 4.22. The van der Waals surface area contributed by atoms with Crippen molar-refractivity contribution in [2.45, 2.75) is 6.10 Å². The molecule has 0 saturated carbocycles. The van der Waals surface area contributed by atoms with Crippen molar-refractivity contribution in [1.82, 2.24) is 9.80 Å². The number of aliphatic hydroxyl groups excluding tert-OH is 1. The second kappa shape index (κ2) is 7.62. The Kier molecular flexibility index (Phi) is 5.82. The molecule has 1 fully saturated rings. The van der Waals surface area contributed by atoms with Crippen LogP contribution in [0.25, 0.3) is 0 Å². The number of hydrogen-bond acceptors (Lipinski definition) is 4. The molecule has 1 aliphatic heterocycles. The van der Waals surface area contributed by atoms with Gasteiger partial charge in [0, 0.05) is 39.8 Å². The van der Waals surface area contributed by atoms with Crippen LogP contribution in [0.4, 0.5) is 8.78 Å². The molecular formula is C15H20F2N2O3. The number of piperazine rings is 1. The fourth-order valence-electron chi connectivity index (χ4n) is 2.46. The predicted octanol–water partition coefficient (Wildman–Crippen LogP) is 0.789. The molecule has 7 heteroatoms. The number of rotatable bonds is 5. The van der Waals surface area contributed by atoms with E-state index in [1.165, 1.54) is 13.2 Å². The standard InChI is InChI=1S/C15H20F2N2O3/c1-22-10-15(21)19-6-4-18(5-7-19)9-14(20)11-2-3-12(16)13(17)8-11/h2-3,8,14,20H,4-7,9-10H2,1H3. The van der Waals surface area contributed by atoms with Crippen molar-refractivity contribution in [3.8, 4) is 0 Å². The van der Waals surface area contributed by atoms with E-state index in [-0.39, 0.29) is 12.5 Å². The molecule has 0 aliphatic carbocycles. The number of β-amino-alcohol motifs (C(OH)–C–C–N with tert-alkyl or cyclic N) is 1. The van der Waals surface area contributed by atoms with Crippen LogP contribution >= 0.6 is 0 Å². The van der Waals surface area contributed by atoms with Crippen molar-refractivity contribution in [2.24, 2.45) is 0 Å². The van der Waals surface area contributed by atoms with Gasteiger partial charge in [0.25, 0.3) is 0 Å². The van der Waals surface area contributed by atoms with E-state index >= 15 is 0 Å². The Labute approximate surface area is 128 Å². The van der Waals surface area contributed by atoms with E-state index in [2.05, 4.69) is 0 Å². The van der Waals surface area contributed by atoms with Gasteiger partial charge < -0.3 is 14.7 Å². The molecule has 0 spiro atoms. The largest absolute Gasteiger partial charge is 0.387 e. The van der Waals surface area contributed by atoms with Crippen molar-refractivity contribution in [2.75, 3.05) is 46.4 Å². The highest BCUT2D eigenvalue weighted by atomic mass is 19.2. The Morgan fingerprint density at radius 1 is 1.27 bits per heavy atom. The summed E-state index contributed by atoms with van der Waals surface area (Å²) >= 11 is 0. The Bertz CT molecular complexity index is 520. The highest BCUT2D eigenvalue weighted by Gasteiger charge is 2.23. The number of hydrogen-bond donors (Lipinski definition) is 1. The molecule has 1 aliphatic rings. The number of halogens is 2. The predicted molar refractivity (Wildman–Crippen MR) is 76.2 cm³/mol. The van der Waals surface area contributed by atoms with Crippen LogP contribution in [0.3, 0.4) is 0 Å². The summed E-state index contributed by atoms with van der Waals surface area (Å²) in [6.07, 6.45) is -0.892. The first kappa shape index (κ1) is 16.8.